The van der Waals surface area contributed by atoms with Gasteiger partial charge in [0.05, 0.1) is 18.0 Å². The molecule has 0 radical (unpaired) electrons. The Kier molecular flexibility index (Phi) is 4.23. The van der Waals surface area contributed by atoms with Crippen LogP contribution < -0.4 is 4.74 Å². The minimum absolute atomic E-state index is 0.629. The Morgan fingerprint density at radius 2 is 2.00 bits per heavy atom. The Labute approximate surface area is 107 Å². The fourth-order valence-corrected chi connectivity index (χ4v) is 1.56. The van der Waals surface area contributed by atoms with E-state index in [9.17, 15) is 0 Å². The Bertz CT molecular complexity index is 500. The van der Waals surface area contributed by atoms with Gasteiger partial charge in [0, 0.05) is 18.7 Å². The average Bonchev–Trinajstić information content (AvgIpc) is 2.45. The van der Waals surface area contributed by atoms with Crippen molar-refractivity contribution >= 4 is 0 Å². The van der Waals surface area contributed by atoms with Crippen LogP contribution >= 0.6 is 0 Å². The SMILES string of the molecule is CCCOc1cc(-c2ccccn2)nc(CC)n1. The van der Waals surface area contributed by atoms with Gasteiger partial charge in [0.15, 0.2) is 0 Å². The first-order chi connectivity index (χ1) is 8.83. The molecule has 0 bridgehead atoms. The molecule has 4 nitrogen and oxygen atoms in total. The molecule has 0 amide bonds. The van der Waals surface area contributed by atoms with Gasteiger partial charge in [-0.25, -0.2) is 4.98 Å². The van der Waals surface area contributed by atoms with Crippen molar-refractivity contribution in [3.63, 3.8) is 0 Å². The second kappa shape index (κ2) is 6.10. The van der Waals surface area contributed by atoms with Crippen molar-refractivity contribution < 1.29 is 4.74 Å². The van der Waals surface area contributed by atoms with Crippen molar-refractivity contribution in [2.45, 2.75) is 26.7 Å². The van der Waals surface area contributed by atoms with E-state index >= 15 is 0 Å². The molecule has 94 valence electrons. The quantitative estimate of drug-likeness (QED) is 0.810. The molecule has 0 saturated carbocycles. The molecule has 0 aliphatic carbocycles. The van der Waals surface area contributed by atoms with Crippen molar-refractivity contribution in [3.8, 4) is 17.3 Å². The zero-order valence-electron chi connectivity index (χ0n) is 10.8. The summed E-state index contributed by atoms with van der Waals surface area (Å²) in [6.45, 7) is 4.77. The summed E-state index contributed by atoms with van der Waals surface area (Å²) in [7, 11) is 0. The van der Waals surface area contributed by atoms with E-state index < -0.39 is 0 Å². The summed E-state index contributed by atoms with van der Waals surface area (Å²) in [5, 5.41) is 0. The minimum Gasteiger partial charge on any atom is -0.478 e. The number of aryl methyl sites for hydroxylation is 1. The van der Waals surface area contributed by atoms with Crippen LogP contribution in [0.15, 0.2) is 30.5 Å². The summed E-state index contributed by atoms with van der Waals surface area (Å²) >= 11 is 0. The van der Waals surface area contributed by atoms with Crippen LogP contribution in [0.25, 0.3) is 11.4 Å². The number of pyridine rings is 1. The van der Waals surface area contributed by atoms with Crippen molar-refractivity contribution in [2.24, 2.45) is 0 Å². The van der Waals surface area contributed by atoms with E-state index in [0.29, 0.717) is 12.5 Å². The number of nitrogens with zero attached hydrogens (tertiary/aromatic N) is 3. The summed E-state index contributed by atoms with van der Waals surface area (Å²) in [5.41, 5.74) is 1.66. The van der Waals surface area contributed by atoms with Crippen LogP contribution in [0.5, 0.6) is 5.88 Å². The van der Waals surface area contributed by atoms with Crippen molar-refractivity contribution in [2.75, 3.05) is 6.61 Å². The van der Waals surface area contributed by atoms with E-state index in [1.54, 1.807) is 6.20 Å². The Balaban J connectivity index is 2.35. The van der Waals surface area contributed by atoms with Crippen molar-refractivity contribution in [3.05, 3.63) is 36.3 Å². The lowest BCUT2D eigenvalue weighted by Crippen LogP contribution is -2.02. The summed E-state index contributed by atoms with van der Waals surface area (Å²) < 4.78 is 5.58. The monoisotopic (exact) mass is 243 g/mol. The first-order valence-electron chi connectivity index (χ1n) is 6.25. The van der Waals surface area contributed by atoms with Crippen LogP contribution in [0, 0.1) is 0 Å². The second-order valence-electron chi connectivity index (χ2n) is 3.92. The molecular weight excluding hydrogens is 226 g/mol. The maximum Gasteiger partial charge on any atom is 0.217 e. The number of aromatic nitrogens is 3. The molecule has 2 aromatic rings. The molecule has 0 saturated heterocycles. The molecule has 2 rings (SSSR count). The maximum atomic E-state index is 5.58. The van der Waals surface area contributed by atoms with Gasteiger partial charge in [-0.2, -0.15) is 4.98 Å². The van der Waals surface area contributed by atoms with E-state index in [-0.39, 0.29) is 0 Å². The number of rotatable bonds is 5. The minimum atomic E-state index is 0.629. The predicted molar refractivity (Wildman–Crippen MR) is 70.4 cm³/mol. The highest BCUT2D eigenvalue weighted by atomic mass is 16.5. The van der Waals surface area contributed by atoms with E-state index in [2.05, 4.69) is 21.9 Å². The maximum absolute atomic E-state index is 5.58. The molecule has 2 heterocycles. The van der Waals surface area contributed by atoms with Crippen molar-refractivity contribution in [1.29, 1.82) is 0 Å². The van der Waals surface area contributed by atoms with Gasteiger partial charge in [-0.3, -0.25) is 4.98 Å². The van der Waals surface area contributed by atoms with Gasteiger partial charge in [-0.1, -0.05) is 19.9 Å². The summed E-state index contributed by atoms with van der Waals surface area (Å²) in [6.07, 6.45) is 3.50. The summed E-state index contributed by atoms with van der Waals surface area (Å²) in [5.74, 6) is 1.41. The highest BCUT2D eigenvalue weighted by molar-refractivity contribution is 5.54. The molecule has 0 aromatic carbocycles. The standard InChI is InChI=1S/C14H17N3O/c1-3-9-18-14-10-12(16-13(4-2)17-14)11-7-5-6-8-15-11/h5-8,10H,3-4,9H2,1-2H3. The average molecular weight is 243 g/mol. The lowest BCUT2D eigenvalue weighted by atomic mass is 10.2. The smallest absolute Gasteiger partial charge is 0.217 e. The molecule has 0 spiro atoms. The third kappa shape index (κ3) is 3.03. The lowest BCUT2D eigenvalue weighted by molar-refractivity contribution is 0.304. The number of hydrogen-bond acceptors (Lipinski definition) is 4. The normalized spacial score (nSPS) is 10.3. The highest BCUT2D eigenvalue weighted by Crippen LogP contribution is 2.19. The van der Waals surface area contributed by atoms with Crippen LogP contribution in [0.2, 0.25) is 0 Å². The van der Waals surface area contributed by atoms with Gasteiger partial charge in [-0.15, -0.1) is 0 Å². The Hall–Kier alpha value is -1.97. The molecule has 0 aliphatic rings. The van der Waals surface area contributed by atoms with E-state index in [0.717, 1.165) is 30.1 Å². The molecular formula is C14H17N3O. The topological polar surface area (TPSA) is 47.9 Å². The van der Waals surface area contributed by atoms with Crippen molar-refractivity contribution in [1.82, 2.24) is 15.0 Å². The Morgan fingerprint density at radius 1 is 1.11 bits per heavy atom. The van der Waals surface area contributed by atoms with Gasteiger partial charge < -0.3 is 4.74 Å². The number of hydrogen-bond donors (Lipinski definition) is 0. The Morgan fingerprint density at radius 3 is 2.67 bits per heavy atom. The zero-order chi connectivity index (χ0) is 12.8. The molecule has 4 heteroatoms. The summed E-state index contributed by atoms with van der Waals surface area (Å²) in [4.78, 5) is 13.1. The van der Waals surface area contributed by atoms with Crippen LogP contribution in [-0.4, -0.2) is 21.6 Å². The molecule has 0 unspecified atom stereocenters. The van der Waals surface area contributed by atoms with Crippen LogP contribution in [0.1, 0.15) is 26.1 Å². The van der Waals surface area contributed by atoms with E-state index in [1.807, 2.05) is 31.2 Å². The van der Waals surface area contributed by atoms with E-state index in [4.69, 9.17) is 4.74 Å². The molecule has 0 aliphatic heterocycles. The van der Waals surface area contributed by atoms with Crippen LogP contribution in [-0.2, 0) is 6.42 Å². The molecule has 0 N–H and O–H groups in total. The largest absolute Gasteiger partial charge is 0.478 e. The van der Waals surface area contributed by atoms with Gasteiger partial charge in [0.1, 0.15) is 5.82 Å². The fourth-order valence-electron chi connectivity index (χ4n) is 1.56. The second-order valence-corrected chi connectivity index (χ2v) is 3.92. The third-order valence-electron chi connectivity index (χ3n) is 2.45. The third-order valence-corrected chi connectivity index (χ3v) is 2.45. The molecule has 0 fully saturated rings. The first kappa shape index (κ1) is 12.5. The van der Waals surface area contributed by atoms with Crippen LogP contribution in [0.3, 0.4) is 0 Å². The van der Waals surface area contributed by atoms with Gasteiger partial charge in [0.2, 0.25) is 5.88 Å². The first-order valence-corrected chi connectivity index (χ1v) is 6.25. The van der Waals surface area contributed by atoms with Crippen LogP contribution in [0.4, 0.5) is 0 Å². The van der Waals surface area contributed by atoms with Gasteiger partial charge >= 0.3 is 0 Å². The predicted octanol–water partition coefficient (Wildman–Crippen LogP) is 2.89. The van der Waals surface area contributed by atoms with E-state index in [1.165, 1.54) is 0 Å². The highest BCUT2D eigenvalue weighted by Gasteiger charge is 2.07. The molecule has 0 atom stereocenters. The summed E-state index contributed by atoms with van der Waals surface area (Å²) in [6, 6.07) is 7.62. The molecule has 2 aromatic heterocycles. The lowest BCUT2D eigenvalue weighted by Gasteiger charge is -2.07. The van der Waals surface area contributed by atoms with Gasteiger partial charge in [0.25, 0.3) is 0 Å². The number of ether oxygens (including phenoxy) is 1. The zero-order valence-corrected chi connectivity index (χ0v) is 10.8. The molecule has 18 heavy (non-hydrogen) atoms. The fraction of sp³-hybridized carbons (Fsp3) is 0.357. The van der Waals surface area contributed by atoms with Gasteiger partial charge in [-0.05, 0) is 18.6 Å².